The summed E-state index contributed by atoms with van der Waals surface area (Å²) < 4.78 is 10.4. The van der Waals surface area contributed by atoms with E-state index >= 15 is 0 Å². The largest absolute Gasteiger partial charge is 0.497 e. The molecular weight excluding hydrogens is 288 g/mol. The second-order valence-corrected chi connectivity index (χ2v) is 9.81. The van der Waals surface area contributed by atoms with E-state index in [2.05, 4.69) is 30.8 Å². The van der Waals surface area contributed by atoms with Crippen LogP contribution in [0.4, 0.5) is 0 Å². The molecule has 0 aliphatic heterocycles. The van der Waals surface area contributed by atoms with Gasteiger partial charge in [-0.25, -0.2) is 0 Å². The molecule has 0 amide bonds. The summed E-state index contributed by atoms with van der Waals surface area (Å²) in [4.78, 5) is 0. The first-order chi connectivity index (χ1) is 9.63. The molecule has 0 spiro atoms. The summed E-state index contributed by atoms with van der Waals surface area (Å²) in [5.41, 5.74) is 0.645. The Morgan fingerprint density at radius 3 is 1.40 bits per heavy atom. The second kappa shape index (κ2) is 6.33. The highest BCUT2D eigenvalue weighted by Crippen LogP contribution is 2.14. The van der Waals surface area contributed by atoms with Crippen molar-refractivity contribution in [3.8, 4) is 11.5 Å². The highest BCUT2D eigenvalue weighted by Gasteiger charge is 2.30. The molecule has 0 saturated heterocycles. The van der Waals surface area contributed by atoms with Crippen LogP contribution in [0.25, 0.3) is 0 Å². The molecule has 2 aromatic carbocycles. The van der Waals surface area contributed by atoms with Gasteiger partial charge in [-0.1, -0.05) is 41.2 Å². The lowest BCUT2D eigenvalue weighted by Crippen LogP contribution is -2.57. The number of halogens is 1. The van der Waals surface area contributed by atoms with E-state index in [4.69, 9.17) is 21.1 Å². The SMILES string of the molecule is COc1ccc([Si](C)(CCl)c2ccc(OC)cc2)cc1. The van der Waals surface area contributed by atoms with Crippen molar-refractivity contribution in [1.29, 1.82) is 0 Å². The Bertz CT molecular complexity index is 504. The summed E-state index contributed by atoms with van der Waals surface area (Å²) >= 11 is 6.32. The third kappa shape index (κ3) is 2.84. The molecule has 4 heteroatoms. The average molecular weight is 307 g/mol. The molecule has 20 heavy (non-hydrogen) atoms. The Labute approximate surface area is 126 Å². The zero-order valence-corrected chi connectivity index (χ0v) is 13.8. The smallest absolute Gasteiger partial charge is 0.129 e. The molecule has 0 unspecified atom stereocenters. The number of benzene rings is 2. The van der Waals surface area contributed by atoms with Crippen LogP contribution in [0.5, 0.6) is 11.5 Å². The van der Waals surface area contributed by atoms with E-state index < -0.39 is 8.07 Å². The third-order valence-corrected chi connectivity index (χ3v) is 9.07. The van der Waals surface area contributed by atoms with E-state index in [1.165, 1.54) is 10.4 Å². The van der Waals surface area contributed by atoms with Gasteiger partial charge in [-0.05, 0) is 24.3 Å². The molecule has 0 aliphatic rings. The minimum Gasteiger partial charge on any atom is -0.497 e. The van der Waals surface area contributed by atoms with E-state index in [0.717, 1.165) is 11.5 Å². The fraction of sp³-hybridized carbons (Fsp3) is 0.250. The van der Waals surface area contributed by atoms with Gasteiger partial charge in [-0.3, -0.25) is 0 Å². The second-order valence-electron chi connectivity index (χ2n) is 4.92. The highest BCUT2D eigenvalue weighted by molar-refractivity contribution is 7.04. The maximum atomic E-state index is 6.32. The zero-order chi connectivity index (χ0) is 14.6. The molecular formula is C16H19ClO2Si. The molecule has 0 aromatic heterocycles. The summed E-state index contributed by atoms with van der Waals surface area (Å²) in [5, 5.41) is 2.61. The van der Waals surface area contributed by atoms with Crippen LogP contribution in [-0.2, 0) is 0 Å². The standard InChI is InChI=1S/C16H19ClO2Si/c1-18-13-4-8-15(9-5-13)20(3,12-17)16-10-6-14(19-2)7-11-16/h4-11H,12H2,1-3H3. The number of rotatable bonds is 5. The van der Waals surface area contributed by atoms with E-state index in [9.17, 15) is 0 Å². The quantitative estimate of drug-likeness (QED) is 0.624. The van der Waals surface area contributed by atoms with Crippen molar-refractivity contribution in [3.63, 3.8) is 0 Å². The number of ether oxygens (including phenoxy) is 2. The van der Waals surface area contributed by atoms with Crippen LogP contribution in [0, 0.1) is 0 Å². The third-order valence-electron chi connectivity index (χ3n) is 3.72. The lowest BCUT2D eigenvalue weighted by atomic mass is 10.3. The van der Waals surface area contributed by atoms with Crippen LogP contribution in [0.2, 0.25) is 6.55 Å². The van der Waals surface area contributed by atoms with Crippen molar-refractivity contribution in [3.05, 3.63) is 48.5 Å². The molecule has 106 valence electrons. The van der Waals surface area contributed by atoms with Gasteiger partial charge in [-0.2, -0.15) is 0 Å². The highest BCUT2D eigenvalue weighted by atomic mass is 35.5. The summed E-state index contributed by atoms with van der Waals surface area (Å²) in [7, 11) is 1.46. The van der Waals surface area contributed by atoms with Crippen LogP contribution in [0.1, 0.15) is 0 Å². The predicted molar refractivity (Wildman–Crippen MR) is 87.6 cm³/mol. The molecule has 0 fully saturated rings. The molecule has 0 aliphatic carbocycles. The molecule has 0 heterocycles. The maximum absolute atomic E-state index is 6.32. The van der Waals surface area contributed by atoms with Gasteiger partial charge in [0.25, 0.3) is 0 Å². The molecule has 0 saturated carbocycles. The Hall–Kier alpha value is -1.45. The van der Waals surface area contributed by atoms with Gasteiger partial charge in [0.05, 0.1) is 14.2 Å². The van der Waals surface area contributed by atoms with Gasteiger partial charge in [-0.15, -0.1) is 11.6 Å². The molecule has 0 radical (unpaired) electrons. The monoisotopic (exact) mass is 306 g/mol. The van der Waals surface area contributed by atoms with Crippen molar-refractivity contribution in [1.82, 2.24) is 0 Å². The van der Waals surface area contributed by atoms with Crippen molar-refractivity contribution in [2.75, 3.05) is 19.7 Å². The predicted octanol–water partition coefficient (Wildman–Crippen LogP) is 2.67. The Kier molecular flexibility index (Phi) is 4.73. The number of hydrogen-bond donors (Lipinski definition) is 0. The Morgan fingerprint density at radius 1 is 0.800 bits per heavy atom. The van der Waals surface area contributed by atoms with Crippen LogP contribution in [0.15, 0.2) is 48.5 Å². The first kappa shape index (κ1) is 14.9. The van der Waals surface area contributed by atoms with E-state index in [1.807, 2.05) is 24.3 Å². The van der Waals surface area contributed by atoms with Gasteiger partial charge in [0, 0.05) is 5.50 Å². The fourth-order valence-corrected chi connectivity index (χ4v) is 5.61. The van der Waals surface area contributed by atoms with Crippen molar-refractivity contribution in [2.24, 2.45) is 0 Å². The molecule has 2 aromatic rings. The van der Waals surface area contributed by atoms with Gasteiger partial charge >= 0.3 is 0 Å². The minimum absolute atomic E-state index is 0.645. The summed E-state index contributed by atoms with van der Waals surface area (Å²) in [6.07, 6.45) is 0. The van der Waals surface area contributed by atoms with E-state index in [1.54, 1.807) is 14.2 Å². The zero-order valence-electron chi connectivity index (χ0n) is 12.0. The van der Waals surface area contributed by atoms with Crippen LogP contribution in [0.3, 0.4) is 0 Å². The lowest BCUT2D eigenvalue weighted by molar-refractivity contribution is 0.415. The minimum atomic E-state index is -1.89. The van der Waals surface area contributed by atoms with E-state index in [-0.39, 0.29) is 0 Å². The van der Waals surface area contributed by atoms with Gasteiger partial charge in [0.15, 0.2) is 0 Å². The topological polar surface area (TPSA) is 18.5 Å². The van der Waals surface area contributed by atoms with Gasteiger partial charge in [0.2, 0.25) is 0 Å². The van der Waals surface area contributed by atoms with Crippen LogP contribution in [-0.4, -0.2) is 27.8 Å². The van der Waals surface area contributed by atoms with Gasteiger partial charge < -0.3 is 9.47 Å². The van der Waals surface area contributed by atoms with Crippen molar-refractivity contribution in [2.45, 2.75) is 6.55 Å². The average Bonchev–Trinajstić information content (AvgIpc) is 2.54. The fourth-order valence-electron chi connectivity index (χ4n) is 2.24. The van der Waals surface area contributed by atoms with Gasteiger partial charge in [0.1, 0.15) is 19.6 Å². The lowest BCUT2D eigenvalue weighted by Gasteiger charge is -2.26. The number of alkyl halides is 1. The van der Waals surface area contributed by atoms with Crippen LogP contribution < -0.4 is 19.8 Å². The number of methoxy groups -OCH3 is 2. The first-order valence-electron chi connectivity index (χ1n) is 6.49. The Morgan fingerprint density at radius 2 is 1.15 bits per heavy atom. The van der Waals surface area contributed by atoms with Crippen LogP contribution >= 0.6 is 11.6 Å². The van der Waals surface area contributed by atoms with Crippen molar-refractivity contribution >= 4 is 30.0 Å². The molecule has 0 atom stereocenters. The first-order valence-corrected chi connectivity index (χ1v) is 9.73. The Balaban J connectivity index is 2.39. The summed E-state index contributed by atoms with van der Waals surface area (Å²) in [6, 6.07) is 16.5. The maximum Gasteiger partial charge on any atom is 0.129 e. The number of hydrogen-bond acceptors (Lipinski definition) is 2. The van der Waals surface area contributed by atoms with Crippen molar-refractivity contribution < 1.29 is 9.47 Å². The molecule has 2 nitrogen and oxygen atoms in total. The van der Waals surface area contributed by atoms with E-state index in [0.29, 0.717) is 5.50 Å². The molecule has 0 N–H and O–H groups in total. The summed E-state index contributed by atoms with van der Waals surface area (Å²) in [5.74, 6) is 1.74. The normalized spacial score (nSPS) is 11.2. The summed E-state index contributed by atoms with van der Waals surface area (Å²) in [6.45, 7) is 2.28. The molecule has 2 rings (SSSR count). The molecule has 0 bridgehead atoms.